The molecule has 48 heavy (non-hydrogen) atoms. The number of nitriles is 1. The third kappa shape index (κ3) is 7.48. The van der Waals surface area contributed by atoms with Gasteiger partial charge in [0, 0.05) is 43.8 Å². The molecule has 1 atom stereocenters. The molecule has 0 spiro atoms. The average molecular weight is 676 g/mol. The van der Waals surface area contributed by atoms with E-state index in [9.17, 15) is 10.4 Å². The van der Waals surface area contributed by atoms with Crippen LogP contribution in [0.25, 0.3) is 33.8 Å². The molecule has 1 saturated heterocycles. The van der Waals surface area contributed by atoms with Crippen LogP contribution < -0.4 is 14.2 Å². The van der Waals surface area contributed by atoms with Crippen LogP contribution in [0.3, 0.4) is 0 Å². The number of fused-ring (bicyclic) bond motifs is 1. The molecule has 0 aliphatic carbocycles. The number of aliphatic hydroxyl groups excluding tert-OH is 1. The molecule has 1 aliphatic rings. The lowest BCUT2D eigenvalue weighted by Crippen LogP contribution is -2.42. The summed E-state index contributed by atoms with van der Waals surface area (Å²) >= 11 is 0. The molecule has 1 fully saturated rings. The Morgan fingerprint density at radius 1 is 1.06 bits per heavy atom. The van der Waals surface area contributed by atoms with Gasteiger partial charge in [-0.2, -0.15) is 5.26 Å². The Labute approximate surface area is 282 Å². The summed E-state index contributed by atoms with van der Waals surface area (Å²) in [5.41, 5.74) is 3.12. The van der Waals surface area contributed by atoms with Crippen molar-refractivity contribution in [1.29, 1.82) is 5.26 Å². The van der Waals surface area contributed by atoms with E-state index in [0.29, 0.717) is 83.0 Å². The zero-order chi connectivity index (χ0) is 34.6. The first-order valence-electron chi connectivity index (χ1n) is 16.1. The van der Waals surface area contributed by atoms with E-state index in [4.69, 9.17) is 27.8 Å². The number of methoxy groups -OCH3 is 2. The predicted molar refractivity (Wildman–Crippen MR) is 183 cm³/mol. The lowest BCUT2D eigenvalue weighted by molar-refractivity contribution is 0.0118. The van der Waals surface area contributed by atoms with Crippen LogP contribution in [0.1, 0.15) is 51.1 Å². The Morgan fingerprint density at radius 2 is 1.79 bits per heavy atom. The highest BCUT2D eigenvalue weighted by Crippen LogP contribution is 2.41. The zero-order valence-electron chi connectivity index (χ0n) is 29.0. The van der Waals surface area contributed by atoms with Crippen LogP contribution in [0.15, 0.2) is 41.1 Å². The molecule has 0 saturated carbocycles. The molecule has 0 aromatic carbocycles. The molecule has 1 N–H and O–H groups in total. The molecule has 256 valence electrons. The standard InChI is InChI=1S/C35H45N5O7Si/c1-35(2,3)48(7,8)45-16-13-40(4)34(41)22-17-28(42-5)32(38-20-22)29-18-25-33(47-29)31(30(43-6)21-37-25)24-9-10-27(26(19-36)39-24)46-23-11-14-44-15-12-23/h9-10,17-18,20-21,23,34,41H,11-16H2,1-8H3. The molecule has 0 radical (unpaired) electrons. The highest BCUT2D eigenvalue weighted by Gasteiger charge is 2.37. The summed E-state index contributed by atoms with van der Waals surface area (Å²) in [6.07, 6.45) is 3.74. The number of aliphatic hydroxyl groups is 1. The van der Waals surface area contributed by atoms with E-state index in [-0.39, 0.29) is 16.8 Å². The van der Waals surface area contributed by atoms with Gasteiger partial charge in [0.05, 0.1) is 44.9 Å². The van der Waals surface area contributed by atoms with Crippen molar-refractivity contribution in [3.63, 3.8) is 0 Å². The number of furan rings is 1. The summed E-state index contributed by atoms with van der Waals surface area (Å²) in [5.74, 6) is 1.67. The second kappa shape index (κ2) is 14.6. The SMILES string of the molecule is COc1cc(C(O)N(C)CCO[Si](C)(C)C(C)(C)C)cnc1-c1cc2ncc(OC)c(-c3ccc(OC4CCOCC4)c(C#N)n3)c2o1. The van der Waals surface area contributed by atoms with Gasteiger partial charge in [0.25, 0.3) is 0 Å². The molecule has 5 heterocycles. The lowest BCUT2D eigenvalue weighted by Gasteiger charge is -2.37. The fourth-order valence-corrected chi connectivity index (χ4v) is 6.22. The minimum atomic E-state index is -1.90. The number of nitrogens with zero attached hydrogens (tertiary/aromatic N) is 5. The second-order valence-electron chi connectivity index (χ2n) is 13.4. The lowest BCUT2D eigenvalue weighted by atomic mass is 10.1. The fraction of sp³-hybridized carbons (Fsp3) is 0.486. The number of hydrogen-bond acceptors (Lipinski definition) is 12. The number of rotatable bonds is 12. The van der Waals surface area contributed by atoms with Gasteiger partial charge in [-0.3, -0.25) is 4.90 Å². The first kappa shape index (κ1) is 35.2. The van der Waals surface area contributed by atoms with Crippen LogP contribution in [0.5, 0.6) is 17.2 Å². The van der Waals surface area contributed by atoms with Crippen molar-refractivity contribution < 1.29 is 32.9 Å². The second-order valence-corrected chi connectivity index (χ2v) is 18.2. The van der Waals surface area contributed by atoms with Gasteiger partial charge in [-0.25, -0.2) is 15.0 Å². The highest BCUT2D eigenvalue weighted by atomic mass is 28.4. The average Bonchev–Trinajstić information content (AvgIpc) is 3.51. The van der Waals surface area contributed by atoms with Gasteiger partial charge in [-0.15, -0.1) is 0 Å². The third-order valence-corrected chi connectivity index (χ3v) is 13.7. The zero-order valence-corrected chi connectivity index (χ0v) is 30.0. The van der Waals surface area contributed by atoms with Crippen molar-refractivity contribution in [3.8, 4) is 46.0 Å². The molecule has 1 aliphatic heterocycles. The summed E-state index contributed by atoms with van der Waals surface area (Å²) in [6, 6.07) is 9.19. The van der Waals surface area contributed by atoms with Crippen LogP contribution in [0.4, 0.5) is 0 Å². The van der Waals surface area contributed by atoms with E-state index in [1.54, 1.807) is 43.8 Å². The summed E-state index contributed by atoms with van der Waals surface area (Å²) in [7, 11) is 3.02. The van der Waals surface area contributed by atoms with Gasteiger partial charge in [-0.1, -0.05) is 20.8 Å². The maximum atomic E-state index is 11.1. The Bertz CT molecular complexity index is 1780. The summed E-state index contributed by atoms with van der Waals surface area (Å²) in [4.78, 5) is 15.6. The summed E-state index contributed by atoms with van der Waals surface area (Å²) in [6.45, 7) is 13.3. The topological polar surface area (TPSA) is 145 Å². The van der Waals surface area contributed by atoms with E-state index >= 15 is 0 Å². The van der Waals surface area contributed by atoms with Gasteiger partial charge < -0.3 is 32.9 Å². The van der Waals surface area contributed by atoms with E-state index < -0.39 is 14.5 Å². The van der Waals surface area contributed by atoms with E-state index in [1.165, 1.54) is 7.11 Å². The van der Waals surface area contributed by atoms with Gasteiger partial charge in [0.2, 0.25) is 0 Å². The monoisotopic (exact) mass is 675 g/mol. The highest BCUT2D eigenvalue weighted by molar-refractivity contribution is 6.74. The summed E-state index contributed by atoms with van der Waals surface area (Å²) < 4.78 is 35.6. The van der Waals surface area contributed by atoms with Crippen LogP contribution >= 0.6 is 0 Å². The summed E-state index contributed by atoms with van der Waals surface area (Å²) in [5, 5.41) is 21.2. The largest absolute Gasteiger partial charge is 0.494 e. The Morgan fingerprint density at radius 3 is 2.46 bits per heavy atom. The van der Waals surface area contributed by atoms with E-state index in [1.807, 2.05) is 11.9 Å². The molecule has 4 aromatic rings. The van der Waals surface area contributed by atoms with Crippen molar-refractivity contribution >= 4 is 19.4 Å². The van der Waals surface area contributed by atoms with Gasteiger partial charge in [0.15, 0.2) is 31.1 Å². The molecule has 12 nitrogen and oxygen atoms in total. The van der Waals surface area contributed by atoms with Crippen LogP contribution in [-0.2, 0) is 9.16 Å². The van der Waals surface area contributed by atoms with E-state index in [0.717, 1.165) is 12.8 Å². The van der Waals surface area contributed by atoms with Crippen molar-refractivity contribution in [2.75, 3.05) is 47.6 Å². The predicted octanol–water partition coefficient (Wildman–Crippen LogP) is 6.34. The van der Waals surface area contributed by atoms with Gasteiger partial charge in [-0.05, 0) is 43.4 Å². The number of pyridine rings is 3. The van der Waals surface area contributed by atoms with Crippen molar-refractivity contribution in [1.82, 2.24) is 19.9 Å². The molecule has 0 amide bonds. The Hall–Kier alpha value is -4.06. The smallest absolute Gasteiger partial charge is 0.192 e. The minimum Gasteiger partial charge on any atom is -0.494 e. The molecule has 13 heteroatoms. The minimum absolute atomic E-state index is 0.0370. The number of likely N-dealkylation sites (N-methyl/N-ethyl adjacent to an activating group) is 1. The van der Waals surface area contributed by atoms with Crippen molar-refractivity contribution in [2.24, 2.45) is 0 Å². The maximum absolute atomic E-state index is 11.1. The quantitative estimate of drug-likeness (QED) is 0.132. The van der Waals surface area contributed by atoms with Gasteiger partial charge in [0.1, 0.15) is 41.1 Å². The number of aromatic nitrogens is 3. The van der Waals surface area contributed by atoms with Crippen LogP contribution in [0, 0.1) is 11.3 Å². The Balaban J connectivity index is 1.41. The molecule has 0 bridgehead atoms. The molecule has 5 rings (SSSR count). The third-order valence-electron chi connectivity index (χ3n) is 9.16. The molecular formula is C35H45N5O7Si. The Kier molecular flexibility index (Phi) is 10.7. The first-order valence-corrected chi connectivity index (χ1v) is 19.0. The fourth-order valence-electron chi connectivity index (χ4n) is 5.19. The number of ether oxygens (including phenoxy) is 4. The van der Waals surface area contributed by atoms with Gasteiger partial charge >= 0.3 is 0 Å². The molecular weight excluding hydrogens is 630 g/mol. The first-order chi connectivity index (χ1) is 22.9. The van der Waals surface area contributed by atoms with Crippen LogP contribution in [0.2, 0.25) is 18.1 Å². The van der Waals surface area contributed by atoms with E-state index in [2.05, 4.69) is 54.9 Å². The number of hydrogen-bond donors (Lipinski definition) is 1. The molecule has 4 aromatic heterocycles. The van der Waals surface area contributed by atoms with Crippen LogP contribution in [-0.4, -0.2) is 87.0 Å². The van der Waals surface area contributed by atoms with Crippen molar-refractivity contribution in [3.05, 3.63) is 47.9 Å². The maximum Gasteiger partial charge on any atom is 0.192 e. The normalized spacial score (nSPS) is 15.0. The van der Waals surface area contributed by atoms with Crippen molar-refractivity contribution in [2.45, 2.75) is 64.1 Å². The molecule has 1 unspecified atom stereocenters.